The smallest absolute Gasteiger partial charge is 0.496 e. The summed E-state index contributed by atoms with van der Waals surface area (Å²) in [4.78, 5) is 9.76. The molecule has 1 N–H and O–H groups in total. The van der Waals surface area contributed by atoms with Crippen molar-refractivity contribution in [3.05, 3.63) is 47.0 Å². The number of rotatable bonds is 4. The summed E-state index contributed by atoms with van der Waals surface area (Å²) in [6, 6.07) is 9.33. The third-order valence-electron chi connectivity index (χ3n) is 5.82. The number of nitrogens with one attached hydrogen (secondary N) is 1. The summed E-state index contributed by atoms with van der Waals surface area (Å²) in [5.41, 5.74) is 5.67. The van der Waals surface area contributed by atoms with E-state index in [0.717, 1.165) is 54.3 Å². The molecule has 1 aromatic heterocycles. The second-order valence-electron chi connectivity index (χ2n) is 7.57. The minimum absolute atomic E-state index is 0.122. The molecule has 2 aliphatic heterocycles. The molecule has 0 saturated heterocycles. The van der Waals surface area contributed by atoms with Gasteiger partial charge in [0.1, 0.15) is 11.3 Å². The monoisotopic (exact) mass is 395 g/mol. The van der Waals surface area contributed by atoms with E-state index < -0.39 is 7.40 Å². The minimum atomic E-state index is -2.73. The lowest BCUT2D eigenvalue weighted by Crippen LogP contribution is -2.35. The summed E-state index contributed by atoms with van der Waals surface area (Å²) in [6.07, 6.45) is 5.46. The lowest BCUT2D eigenvalue weighted by molar-refractivity contribution is -0.314. The van der Waals surface area contributed by atoms with Crippen molar-refractivity contribution in [2.45, 2.75) is 25.7 Å². The summed E-state index contributed by atoms with van der Waals surface area (Å²) in [5.74, 6) is 0.813. The quantitative estimate of drug-likeness (QED) is 0.537. The summed E-state index contributed by atoms with van der Waals surface area (Å²) in [7, 11) is -1.12. The van der Waals surface area contributed by atoms with Crippen molar-refractivity contribution in [2.24, 2.45) is 0 Å². The fourth-order valence-electron chi connectivity index (χ4n) is 4.61. The predicted molar refractivity (Wildman–Crippen MR) is 111 cm³/mol. The molecule has 8 heteroatoms. The maximum absolute atomic E-state index is 14.0. The van der Waals surface area contributed by atoms with Gasteiger partial charge in [0.25, 0.3) is 0 Å². The number of benzene rings is 2. The number of para-hydroxylation sites is 2. The Bertz CT molecular complexity index is 1080. The van der Waals surface area contributed by atoms with Crippen LogP contribution in [0.3, 0.4) is 0 Å². The maximum atomic E-state index is 14.0. The Labute approximate surface area is 168 Å². The van der Waals surface area contributed by atoms with E-state index in [0.29, 0.717) is 16.8 Å². The molecule has 29 heavy (non-hydrogen) atoms. The standard InChI is InChI=1S/C21H22BF2N4O/c1-29-20-15(12-14-6-4-10-27-11-5-7-16(20)19(14)27)13-28(22(23)24)21-25-17-8-2-3-9-18(17)26-21/h2-3,8-9,12-13H,4-7,10-11H2,1H3,(H,25,26)/q+1. The van der Waals surface area contributed by atoms with Gasteiger partial charge < -0.3 is 9.64 Å². The first-order valence-corrected chi connectivity index (χ1v) is 9.99. The first kappa shape index (κ1) is 18.2. The van der Waals surface area contributed by atoms with E-state index in [1.807, 2.05) is 24.3 Å². The van der Waals surface area contributed by atoms with Gasteiger partial charge >= 0.3 is 13.4 Å². The number of hydrogen-bond donors (Lipinski definition) is 1. The van der Waals surface area contributed by atoms with Gasteiger partial charge in [0.05, 0.1) is 13.3 Å². The number of hydrogen-bond acceptors (Lipinski definition) is 3. The van der Waals surface area contributed by atoms with Crippen LogP contribution in [0, 0.1) is 0 Å². The van der Waals surface area contributed by atoms with Crippen molar-refractivity contribution in [3.8, 4) is 5.75 Å². The van der Waals surface area contributed by atoms with E-state index in [4.69, 9.17) is 4.74 Å². The fourth-order valence-corrected chi connectivity index (χ4v) is 4.61. The van der Waals surface area contributed by atoms with Crippen LogP contribution in [0.5, 0.6) is 5.75 Å². The van der Waals surface area contributed by atoms with E-state index >= 15 is 0 Å². The molecule has 0 radical (unpaired) electrons. The first-order valence-electron chi connectivity index (χ1n) is 9.99. The number of aromatic amines is 1. The van der Waals surface area contributed by atoms with E-state index in [-0.39, 0.29) is 5.95 Å². The van der Waals surface area contributed by atoms with Gasteiger partial charge in [0.15, 0.2) is 5.52 Å². The molecular formula is C21H22BF2N4O+. The average molecular weight is 395 g/mol. The molecule has 0 amide bonds. The SMILES string of the molecule is COc1c(/C=[N+](\B(F)F)c2nc3ccccc3[nH]2)cc2c3c1CCCN3CCC2. The molecule has 5 nitrogen and oxygen atoms in total. The lowest BCUT2D eigenvalue weighted by Gasteiger charge is -2.37. The summed E-state index contributed by atoms with van der Waals surface area (Å²) in [5, 5.41) is 0. The highest BCUT2D eigenvalue weighted by Crippen LogP contribution is 2.42. The highest BCUT2D eigenvalue weighted by molar-refractivity contribution is 6.34. The van der Waals surface area contributed by atoms with Crippen molar-refractivity contribution in [1.82, 2.24) is 9.97 Å². The zero-order chi connectivity index (χ0) is 20.0. The van der Waals surface area contributed by atoms with Gasteiger partial charge in [-0.05, 0) is 49.4 Å². The Morgan fingerprint density at radius 3 is 2.76 bits per heavy atom. The van der Waals surface area contributed by atoms with Crippen molar-refractivity contribution in [2.75, 3.05) is 25.1 Å². The summed E-state index contributed by atoms with van der Waals surface area (Å²) < 4.78 is 34.7. The van der Waals surface area contributed by atoms with Crippen molar-refractivity contribution in [3.63, 3.8) is 0 Å². The lowest BCUT2D eigenvalue weighted by atomic mass is 9.89. The number of nitrogens with zero attached hydrogens (tertiary/aromatic N) is 3. The Hall–Kier alpha value is -2.90. The normalized spacial score (nSPS) is 16.1. The van der Waals surface area contributed by atoms with Crippen molar-refractivity contribution < 1.29 is 17.9 Å². The Morgan fingerprint density at radius 1 is 1.21 bits per heavy atom. The number of anilines is 1. The van der Waals surface area contributed by atoms with Gasteiger partial charge in [0.2, 0.25) is 0 Å². The molecule has 0 bridgehead atoms. The Kier molecular flexibility index (Phi) is 4.49. The molecule has 0 aliphatic carbocycles. The van der Waals surface area contributed by atoms with Crippen LogP contribution < -0.4 is 9.64 Å². The molecule has 3 aromatic rings. The van der Waals surface area contributed by atoms with Gasteiger partial charge in [-0.25, -0.2) is 18.1 Å². The van der Waals surface area contributed by atoms with Crippen LogP contribution in [0.2, 0.25) is 0 Å². The van der Waals surface area contributed by atoms with Crippen LogP contribution in [0.15, 0.2) is 30.3 Å². The molecule has 0 atom stereocenters. The molecule has 2 aliphatic rings. The van der Waals surface area contributed by atoms with Crippen molar-refractivity contribution >= 4 is 36.3 Å². The topological polar surface area (TPSA) is 44.2 Å². The summed E-state index contributed by atoms with van der Waals surface area (Å²) >= 11 is 0. The average Bonchev–Trinajstić information content (AvgIpc) is 3.16. The maximum Gasteiger partial charge on any atom is 0.767 e. The number of methoxy groups -OCH3 is 1. The molecule has 0 unspecified atom stereocenters. The summed E-state index contributed by atoms with van der Waals surface area (Å²) in [6.45, 7) is 2.10. The molecule has 0 fully saturated rings. The van der Waals surface area contributed by atoms with E-state index in [1.165, 1.54) is 17.5 Å². The van der Waals surface area contributed by atoms with Crippen LogP contribution >= 0.6 is 0 Å². The third kappa shape index (κ3) is 3.07. The van der Waals surface area contributed by atoms with Crippen molar-refractivity contribution in [1.29, 1.82) is 0 Å². The molecule has 0 spiro atoms. The van der Waals surface area contributed by atoms with Gasteiger partial charge in [-0.3, -0.25) is 0 Å². The second-order valence-corrected chi connectivity index (χ2v) is 7.57. The van der Waals surface area contributed by atoms with Gasteiger partial charge in [0, 0.05) is 29.9 Å². The molecule has 5 rings (SSSR count). The highest BCUT2D eigenvalue weighted by Gasteiger charge is 2.33. The highest BCUT2D eigenvalue weighted by atomic mass is 19.2. The molecule has 148 valence electrons. The number of aryl methyl sites for hydroxylation is 1. The van der Waals surface area contributed by atoms with Crippen LogP contribution in [0.4, 0.5) is 20.3 Å². The van der Waals surface area contributed by atoms with E-state index in [1.54, 1.807) is 13.2 Å². The van der Waals surface area contributed by atoms with Crippen LogP contribution in [0.1, 0.15) is 29.5 Å². The number of ether oxygens (including phenoxy) is 1. The molecule has 2 aromatic carbocycles. The fraction of sp³-hybridized carbons (Fsp3) is 0.333. The van der Waals surface area contributed by atoms with Gasteiger partial charge in [-0.15, -0.1) is 0 Å². The van der Waals surface area contributed by atoms with Crippen LogP contribution in [0.25, 0.3) is 11.0 Å². The predicted octanol–water partition coefficient (Wildman–Crippen LogP) is 3.96. The van der Waals surface area contributed by atoms with E-state index in [9.17, 15) is 8.63 Å². The van der Waals surface area contributed by atoms with Crippen LogP contribution in [-0.2, 0) is 12.8 Å². The zero-order valence-corrected chi connectivity index (χ0v) is 16.3. The van der Waals surface area contributed by atoms with Crippen LogP contribution in [-0.4, -0.2) is 48.3 Å². The molecule has 3 heterocycles. The number of H-pyrrole nitrogens is 1. The molecule has 0 saturated carbocycles. The largest absolute Gasteiger partial charge is 0.767 e. The molecular weight excluding hydrogens is 373 g/mol. The minimum Gasteiger partial charge on any atom is -0.496 e. The van der Waals surface area contributed by atoms with E-state index in [2.05, 4.69) is 14.9 Å². The third-order valence-corrected chi connectivity index (χ3v) is 5.82. The van der Waals surface area contributed by atoms with Gasteiger partial charge in [-0.2, -0.15) is 0 Å². The Morgan fingerprint density at radius 2 is 2.00 bits per heavy atom. The number of fused-ring (bicyclic) bond motifs is 1. The number of imidazole rings is 1. The first-order chi connectivity index (χ1) is 14.2. The zero-order valence-electron chi connectivity index (χ0n) is 16.3. The number of aromatic nitrogens is 2. The Balaban J connectivity index is 1.68. The number of halogens is 2. The second kappa shape index (κ2) is 7.17. The van der Waals surface area contributed by atoms with Gasteiger partial charge in [-0.1, -0.05) is 17.1 Å².